The Balaban J connectivity index is 1.32. The maximum absolute atomic E-state index is 12.9. The minimum absolute atomic E-state index is 0.00281. The van der Waals surface area contributed by atoms with Gasteiger partial charge in [0.1, 0.15) is 17.0 Å². The third kappa shape index (κ3) is 6.22. The number of sulfonamides is 1. The first-order valence-electron chi connectivity index (χ1n) is 12.6. The summed E-state index contributed by atoms with van der Waals surface area (Å²) in [5.74, 6) is -0.149. The van der Waals surface area contributed by atoms with E-state index in [9.17, 15) is 13.2 Å². The van der Waals surface area contributed by atoms with Crippen LogP contribution in [0.5, 0.6) is 0 Å². The second-order valence-corrected chi connectivity index (χ2v) is 11.5. The van der Waals surface area contributed by atoms with E-state index >= 15 is 0 Å². The predicted octanol–water partition coefficient (Wildman–Crippen LogP) is 5.59. The van der Waals surface area contributed by atoms with Crippen molar-refractivity contribution < 1.29 is 17.9 Å². The normalized spacial score (nSPS) is 11.6. The highest BCUT2D eigenvalue weighted by atomic mass is 35.5. The van der Waals surface area contributed by atoms with Gasteiger partial charge in [-0.1, -0.05) is 71.8 Å². The average molecular weight is 575 g/mol. The molecule has 1 amide bonds. The number of hydrogen-bond acceptors (Lipinski definition) is 6. The Kier molecular flexibility index (Phi) is 7.97. The number of carbonyl (C=O) groups is 1. The smallest absolute Gasteiger partial charge is 0.283 e. The van der Waals surface area contributed by atoms with Gasteiger partial charge in [-0.25, -0.2) is 23.1 Å². The molecule has 2 heterocycles. The molecule has 3 aromatic carbocycles. The Morgan fingerprint density at radius 2 is 1.62 bits per heavy atom. The van der Waals surface area contributed by atoms with Crippen molar-refractivity contribution in [2.24, 2.45) is 0 Å². The van der Waals surface area contributed by atoms with Crippen LogP contribution in [0.2, 0.25) is 5.02 Å². The van der Waals surface area contributed by atoms with Crippen LogP contribution in [0.1, 0.15) is 38.6 Å². The summed E-state index contributed by atoms with van der Waals surface area (Å²) in [5.41, 5.74) is 4.79. The highest BCUT2D eigenvalue weighted by Gasteiger charge is 2.21. The van der Waals surface area contributed by atoms with E-state index in [2.05, 4.69) is 14.7 Å². The minimum atomic E-state index is -4.05. The molecule has 5 rings (SSSR count). The Morgan fingerprint density at radius 1 is 0.900 bits per heavy atom. The Hall–Kier alpha value is -4.05. The molecular formula is C30H27ClN4O4S. The van der Waals surface area contributed by atoms with Crippen molar-refractivity contribution in [3.63, 3.8) is 0 Å². The van der Waals surface area contributed by atoms with Crippen molar-refractivity contribution in [1.82, 2.24) is 19.3 Å². The van der Waals surface area contributed by atoms with Gasteiger partial charge in [-0.05, 0) is 60.9 Å². The monoisotopic (exact) mass is 574 g/mol. The van der Waals surface area contributed by atoms with Gasteiger partial charge in [-0.15, -0.1) is 0 Å². The SMILES string of the molecule is Cc1ccc(S(=O)(=O)NC(=O)c2ccc3nc(C)n(Cc4ccc(COCc5ccccc5)cc4Cl)c3n2)cc1. The molecule has 0 aliphatic rings. The number of pyridine rings is 1. The topological polar surface area (TPSA) is 103 Å². The number of aryl methyl sites for hydroxylation is 2. The second kappa shape index (κ2) is 11.6. The number of nitrogens with zero attached hydrogens (tertiary/aromatic N) is 3. The van der Waals surface area contributed by atoms with Crippen LogP contribution in [0.25, 0.3) is 11.2 Å². The quantitative estimate of drug-likeness (QED) is 0.246. The van der Waals surface area contributed by atoms with Crippen LogP contribution >= 0.6 is 11.6 Å². The summed E-state index contributed by atoms with van der Waals surface area (Å²) in [5, 5.41) is 0.570. The predicted molar refractivity (Wildman–Crippen MR) is 154 cm³/mol. The number of imidazole rings is 1. The van der Waals surface area contributed by atoms with Crippen LogP contribution in [0.15, 0.2) is 89.8 Å². The van der Waals surface area contributed by atoms with Crippen molar-refractivity contribution in [2.75, 3.05) is 0 Å². The van der Waals surface area contributed by atoms with Crippen LogP contribution in [0.4, 0.5) is 0 Å². The summed E-state index contributed by atoms with van der Waals surface area (Å²) < 4.78 is 35.2. The third-order valence-electron chi connectivity index (χ3n) is 6.40. The zero-order chi connectivity index (χ0) is 28.3. The van der Waals surface area contributed by atoms with Gasteiger partial charge in [0, 0.05) is 5.02 Å². The number of fused-ring (bicyclic) bond motifs is 1. The molecule has 1 N–H and O–H groups in total. The Morgan fingerprint density at radius 3 is 2.35 bits per heavy atom. The van der Waals surface area contributed by atoms with Gasteiger partial charge in [-0.2, -0.15) is 0 Å². The van der Waals surface area contributed by atoms with Crippen LogP contribution in [-0.4, -0.2) is 28.9 Å². The van der Waals surface area contributed by atoms with E-state index in [0.29, 0.717) is 41.8 Å². The zero-order valence-electron chi connectivity index (χ0n) is 22.0. The number of nitrogens with one attached hydrogen (secondary N) is 1. The molecular weight excluding hydrogens is 548 g/mol. The maximum atomic E-state index is 12.9. The maximum Gasteiger partial charge on any atom is 0.283 e. The van der Waals surface area contributed by atoms with Crippen molar-refractivity contribution in [1.29, 1.82) is 0 Å². The van der Waals surface area contributed by atoms with Gasteiger partial charge in [-0.3, -0.25) is 4.79 Å². The number of rotatable bonds is 9. The number of halogens is 1. The molecule has 0 aliphatic carbocycles. The van der Waals surface area contributed by atoms with Crippen molar-refractivity contribution in [3.05, 3.63) is 124 Å². The highest BCUT2D eigenvalue weighted by Crippen LogP contribution is 2.23. The molecule has 0 bridgehead atoms. The fraction of sp³-hybridized carbons (Fsp3) is 0.167. The number of hydrogen-bond donors (Lipinski definition) is 1. The third-order valence-corrected chi connectivity index (χ3v) is 8.10. The van der Waals surface area contributed by atoms with E-state index in [0.717, 1.165) is 22.3 Å². The molecule has 0 saturated carbocycles. The molecule has 0 radical (unpaired) electrons. The molecule has 2 aromatic heterocycles. The summed E-state index contributed by atoms with van der Waals surface area (Å²) >= 11 is 6.63. The lowest BCUT2D eigenvalue weighted by molar-refractivity contribution is 0.0977. The molecule has 5 aromatic rings. The van der Waals surface area contributed by atoms with E-state index in [1.807, 2.05) is 66.9 Å². The molecule has 0 unspecified atom stereocenters. The summed E-state index contributed by atoms with van der Waals surface area (Å²) in [6.45, 7) is 4.99. The molecule has 10 heteroatoms. The largest absolute Gasteiger partial charge is 0.372 e. The average Bonchev–Trinajstić information content (AvgIpc) is 3.24. The first-order valence-corrected chi connectivity index (χ1v) is 14.4. The standard InChI is InChI=1S/C30H27ClN4O4S/c1-20-8-12-25(13-9-20)40(37,38)34-30(36)28-15-14-27-29(33-28)35(21(2)32-27)17-24-11-10-23(16-26(24)31)19-39-18-22-6-4-3-5-7-22/h3-16H,17-19H2,1-2H3,(H,34,36). The summed E-state index contributed by atoms with van der Waals surface area (Å²) in [7, 11) is -4.05. The summed E-state index contributed by atoms with van der Waals surface area (Å²) in [6.07, 6.45) is 0. The Labute approximate surface area is 237 Å². The van der Waals surface area contributed by atoms with Gasteiger partial charge in [0.25, 0.3) is 15.9 Å². The Bertz CT molecular complexity index is 1790. The van der Waals surface area contributed by atoms with Crippen LogP contribution in [0.3, 0.4) is 0 Å². The second-order valence-electron chi connectivity index (χ2n) is 9.44. The van der Waals surface area contributed by atoms with Crippen molar-refractivity contribution in [2.45, 2.75) is 38.5 Å². The molecule has 0 atom stereocenters. The first-order chi connectivity index (χ1) is 19.2. The fourth-order valence-electron chi connectivity index (χ4n) is 4.22. The van der Waals surface area contributed by atoms with Crippen molar-refractivity contribution in [3.8, 4) is 0 Å². The number of ether oxygens (including phenoxy) is 1. The molecule has 0 spiro atoms. The lowest BCUT2D eigenvalue weighted by Crippen LogP contribution is -2.31. The van der Waals surface area contributed by atoms with Crippen LogP contribution < -0.4 is 4.72 Å². The number of amides is 1. The van der Waals surface area contributed by atoms with Gasteiger partial charge in [0.2, 0.25) is 0 Å². The fourth-order valence-corrected chi connectivity index (χ4v) is 5.45. The molecule has 0 fully saturated rings. The number of carbonyl (C=O) groups excluding carboxylic acids is 1. The van der Waals surface area contributed by atoms with Crippen molar-refractivity contribution >= 4 is 38.7 Å². The van der Waals surface area contributed by atoms with Gasteiger partial charge in [0.15, 0.2) is 5.65 Å². The molecule has 0 aliphatic heterocycles. The minimum Gasteiger partial charge on any atom is -0.372 e. The molecule has 204 valence electrons. The van der Waals surface area contributed by atoms with E-state index in [1.54, 1.807) is 18.2 Å². The molecule has 40 heavy (non-hydrogen) atoms. The van der Waals surface area contributed by atoms with E-state index < -0.39 is 15.9 Å². The van der Waals surface area contributed by atoms with E-state index in [-0.39, 0.29) is 10.6 Å². The van der Waals surface area contributed by atoms with E-state index in [1.165, 1.54) is 18.2 Å². The van der Waals surface area contributed by atoms with Gasteiger partial charge >= 0.3 is 0 Å². The lowest BCUT2D eigenvalue weighted by atomic mass is 10.1. The molecule has 0 saturated heterocycles. The summed E-state index contributed by atoms with van der Waals surface area (Å²) in [6, 6.07) is 25.0. The first kappa shape index (κ1) is 27.5. The van der Waals surface area contributed by atoms with Crippen LogP contribution in [0, 0.1) is 13.8 Å². The van der Waals surface area contributed by atoms with Gasteiger partial charge < -0.3 is 9.30 Å². The van der Waals surface area contributed by atoms with Crippen LogP contribution in [-0.2, 0) is 34.5 Å². The number of benzene rings is 3. The number of aromatic nitrogens is 3. The lowest BCUT2D eigenvalue weighted by Gasteiger charge is -2.11. The summed E-state index contributed by atoms with van der Waals surface area (Å²) in [4.78, 5) is 21.9. The van der Waals surface area contributed by atoms with E-state index in [4.69, 9.17) is 16.3 Å². The molecule has 8 nitrogen and oxygen atoms in total. The zero-order valence-corrected chi connectivity index (χ0v) is 23.5. The van der Waals surface area contributed by atoms with Gasteiger partial charge in [0.05, 0.1) is 24.7 Å². The highest BCUT2D eigenvalue weighted by molar-refractivity contribution is 7.90.